The minimum Gasteiger partial charge on any atom is -0.504 e. The normalized spacial score (nSPS) is 10.3. The van der Waals surface area contributed by atoms with Crippen LogP contribution in [0.1, 0.15) is 18.1 Å². The monoisotopic (exact) mass is 275 g/mol. The second-order valence-electron chi connectivity index (χ2n) is 4.57. The summed E-state index contributed by atoms with van der Waals surface area (Å²) in [5.41, 5.74) is 2.24. The first-order valence-electron chi connectivity index (χ1n) is 6.55. The van der Waals surface area contributed by atoms with Crippen molar-refractivity contribution in [1.29, 1.82) is 0 Å². The van der Waals surface area contributed by atoms with Crippen molar-refractivity contribution in [2.45, 2.75) is 20.4 Å². The van der Waals surface area contributed by atoms with Gasteiger partial charge >= 0.3 is 0 Å². The molecular formula is C16H18FNO2. The molecule has 0 atom stereocenters. The number of hydrogen-bond donors (Lipinski definition) is 2. The summed E-state index contributed by atoms with van der Waals surface area (Å²) in [4.78, 5) is 0. The summed E-state index contributed by atoms with van der Waals surface area (Å²) in [5, 5.41) is 13.2. The van der Waals surface area contributed by atoms with Gasteiger partial charge in [0.1, 0.15) is 5.82 Å². The molecule has 2 aromatic rings. The van der Waals surface area contributed by atoms with Gasteiger partial charge in [0.15, 0.2) is 11.5 Å². The van der Waals surface area contributed by atoms with Crippen LogP contribution in [0.4, 0.5) is 10.1 Å². The van der Waals surface area contributed by atoms with E-state index in [1.54, 1.807) is 12.1 Å². The molecule has 20 heavy (non-hydrogen) atoms. The SMILES string of the molecule is CCOc1cccc(CNc2cc(C)cc(F)c2)c1O. The second-order valence-corrected chi connectivity index (χ2v) is 4.57. The van der Waals surface area contributed by atoms with E-state index in [1.165, 1.54) is 12.1 Å². The van der Waals surface area contributed by atoms with Crippen molar-refractivity contribution in [2.75, 3.05) is 11.9 Å². The van der Waals surface area contributed by atoms with Gasteiger partial charge in [-0.05, 0) is 43.7 Å². The number of aryl methyl sites for hydroxylation is 1. The first-order valence-corrected chi connectivity index (χ1v) is 6.55. The fourth-order valence-electron chi connectivity index (χ4n) is 2.02. The zero-order valence-corrected chi connectivity index (χ0v) is 11.6. The van der Waals surface area contributed by atoms with E-state index in [0.29, 0.717) is 30.2 Å². The predicted octanol–water partition coefficient (Wildman–Crippen LogP) is 3.85. The molecule has 0 radical (unpaired) electrons. The average molecular weight is 275 g/mol. The maximum atomic E-state index is 13.3. The molecule has 0 aliphatic heterocycles. The zero-order chi connectivity index (χ0) is 14.5. The van der Waals surface area contributed by atoms with Gasteiger partial charge in [0.2, 0.25) is 0 Å². The van der Waals surface area contributed by atoms with Crippen molar-refractivity contribution in [3.63, 3.8) is 0 Å². The lowest BCUT2D eigenvalue weighted by Gasteiger charge is -2.12. The molecule has 2 rings (SSSR count). The Labute approximate surface area is 118 Å². The first kappa shape index (κ1) is 14.2. The van der Waals surface area contributed by atoms with Crippen molar-refractivity contribution in [1.82, 2.24) is 0 Å². The number of halogens is 1. The minimum absolute atomic E-state index is 0.120. The van der Waals surface area contributed by atoms with Crippen molar-refractivity contribution in [2.24, 2.45) is 0 Å². The highest BCUT2D eigenvalue weighted by molar-refractivity contribution is 5.50. The van der Waals surface area contributed by atoms with Gasteiger partial charge in [-0.25, -0.2) is 4.39 Å². The van der Waals surface area contributed by atoms with Crippen LogP contribution in [0.3, 0.4) is 0 Å². The third kappa shape index (κ3) is 3.41. The van der Waals surface area contributed by atoms with Crippen LogP contribution < -0.4 is 10.1 Å². The molecule has 0 aliphatic carbocycles. The van der Waals surface area contributed by atoms with Crippen LogP contribution in [0.15, 0.2) is 36.4 Å². The fourth-order valence-corrected chi connectivity index (χ4v) is 2.02. The summed E-state index contributed by atoms with van der Waals surface area (Å²) >= 11 is 0. The Morgan fingerprint density at radius 1 is 1.25 bits per heavy atom. The van der Waals surface area contributed by atoms with Crippen molar-refractivity contribution in [3.8, 4) is 11.5 Å². The third-order valence-electron chi connectivity index (χ3n) is 2.91. The molecular weight excluding hydrogens is 257 g/mol. The van der Waals surface area contributed by atoms with Gasteiger partial charge in [-0.2, -0.15) is 0 Å². The van der Waals surface area contributed by atoms with Crippen LogP contribution in [0.2, 0.25) is 0 Å². The lowest BCUT2D eigenvalue weighted by Crippen LogP contribution is -2.01. The highest BCUT2D eigenvalue weighted by Gasteiger charge is 2.07. The summed E-state index contributed by atoms with van der Waals surface area (Å²) < 4.78 is 18.6. The Morgan fingerprint density at radius 2 is 2.05 bits per heavy atom. The molecule has 2 N–H and O–H groups in total. The van der Waals surface area contributed by atoms with Crippen LogP contribution in [-0.4, -0.2) is 11.7 Å². The predicted molar refractivity (Wildman–Crippen MR) is 77.7 cm³/mol. The van der Waals surface area contributed by atoms with Gasteiger partial charge in [0.05, 0.1) is 6.61 Å². The summed E-state index contributed by atoms with van der Waals surface area (Å²) in [6.07, 6.45) is 0. The number of ether oxygens (including phenoxy) is 1. The third-order valence-corrected chi connectivity index (χ3v) is 2.91. The molecule has 0 bridgehead atoms. The number of phenolic OH excluding ortho intramolecular Hbond substituents is 1. The fraction of sp³-hybridized carbons (Fsp3) is 0.250. The van der Waals surface area contributed by atoms with E-state index in [4.69, 9.17) is 4.74 Å². The molecule has 0 heterocycles. The standard InChI is InChI=1S/C16H18FNO2/c1-3-20-15-6-4-5-12(16(15)19)10-18-14-8-11(2)7-13(17)9-14/h4-9,18-19H,3,10H2,1-2H3. The number of anilines is 1. The van der Waals surface area contributed by atoms with Crippen LogP contribution in [-0.2, 0) is 6.54 Å². The van der Waals surface area contributed by atoms with Crippen LogP contribution in [0.25, 0.3) is 0 Å². The van der Waals surface area contributed by atoms with E-state index in [0.717, 1.165) is 5.56 Å². The first-order chi connectivity index (χ1) is 9.60. The maximum absolute atomic E-state index is 13.3. The highest BCUT2D eigenvalue weighted by atomic mass is 19.1. The van der Waals surface area contributed by atoms with Crippen LogP contribution in [0, 0.1) is 12.7 Å². The number of benzene rings is 2. The Kier molecular flexibility index (Phi) is 4.45. The van der Waals surface area contributed by atoms with Crippen molar-refractivity contribution in [3.05, 3.63) is 53.3 Å². The Bertz CT molecular complexity index is 579. The molecule has 0 amide bonds. The van der Waals surface area contributed by atoms with E-state index in [2.05, 4.69) is 5.32 Å². The largest absolute Gasteiger partial charge is 0.504 e. The van der Waals surface area contributed by atoms with Gasteiger partial charge < -0.3 is 15.2 Å². The summed E-state index contributed by atoms with van der Waals surface area (Å²) in [7, 11) is 0. The molecule has 0 spiro atoms. The number of rotatable bonds is 5. The molecule has 0 aliphatic rings. The van der Waals surface area contributed by atoms with Gasteiger partial charge in [0.25, 0.3) is 0 Å². The van der Waals surface area contributed by atoms with E-state index >= 15 is 0 Å². The molecule has 4 heteroatoms. The summed E-state index contributed by atoms with van der Waals surface area (Å²) in [6.45, 7) is 4.59. The summed E-state index contributed by atoms with van der Waals surface area (Å²) in [5.74, 6) is 0.303. The Balaban J connectivity index is 2.12. The molecule has 106 valence electrons. The Hall–Kier alpha value is -2.23. The molecule has 0 saturated carbocycles. The lowest BCUT2D eigenvalue weighted by atomic mass is 10.1. The van der Waals surface area contributed by atoms with Gasteiger partial charge in [0, 0.05) is 17.8 Å². The average Bonchev–Trinajstić information content (AvgIpc) is 2.39. The number of phenols is 1. The highest BCUT2D eigenvalue weighted by Crippen LogP contribution is 2.30. The van der Waals surface area contributed by atoms with Gasteiger partial charge in [-0.15, -0.1) is 0 Å². The van der Waals surface area contributed by atoms with Crippen molar-refractivity contribution < 1.29 is 14.2 Å². The number of aromatic hydroxyl groups is 1. The molecule has 0 saturated heterocycles. The molecule has 0 fully saturated rings. The van der Waals surface area contributed by atoms with E-state index in [-0.39, 0.29) is 11.6 Å². The van der Waals surface area contributed by atoms with E-state index in [9.17, 15) is 9.50 Å². The zero-order valence-electron chi connectivity index (χ0n) is 11.6. The quantitative estimate of drug-likeness (QED) is 0.871. The maximum Gasteiger partial charge on any atom is 0.162 e. The molecule has 0 aromatic heterocycles. The summed E-state index contributed by atoms with van der Waals surface area (Å²) in [6, 6.07) is 10.1. The van der Waals surface area contributed by atoms with Gasteiger partial charge in [-0.1, -0.05) is 12.1 Å². The second kappa shape index (κ2) is 6.28. The molecule has 0 unspecified atom stereocenters. The van der Waals surface area contributed by atoms with Crippen LogP contribution >= 0.6 is 0 Å². The number of nitrogens with one attached hydrogen (secondary N) is 1. The van der Waals surface area contributed by atoms with E-state index in [1.807, 2.05) is 26.0 Å². The molecule has 2 aromatic carbocycles. The number of para-hydroxylation sites is 1. The Morgan fingerprint density at radius 3 is 2.75 bits per heavy atom. The number of hydrogen-bond acceptors (Lipinski definition) is 3. The topological polar surface area (TPSA) is 41.5 Å². The van der Waals surface area contributed by atoms with E-state index < -0.39 is 0 Å². The van der Waals surface area contributed by atoms with Gasteiger partial charge in [-0.3, -0.25) is 0 Å². The smallest absolute Gasteiger partial charge is 0.162 e. The van der Waals surface area contributed by atoms with Crippen molar-refractivity contribution >= 4 is 5.69 Å². The van der Waals surface area contributed by atoms with Crippen LogP contribution in [0.5, 0.6) is 11.5 Å². The minimum atomic E-state index is -0.278. The lowest BCUT2D eigenvalue weighted by molar-refractivity contribution is 0.317. The molecule has 3 nitrogen and oxygen atoms in total.